The van der Waals surface area contributed by atoms with Gasteiger partial charge >= 0.3 is 0 Å². The van der Waals surface area contributed by atoms with Gasteiger partial charge < -0.3 is 19.3 Å². The van der Waals surface area contributed by atoms with Gasteiger partial charge in [-0.1, -0.05) is 6.07 Å². The second kappa shape index (κ2) is 10.3. The summed E-state index contributed by atoms with van der Waals surface area (Å²) < 4.78 is 24.2. The zero-order chi connectivity index (χ0) is 24.2. The van der Waals surface area contributed by atoms with Crippen LogP contribution >= 0.6 is 11.3 Å². The summed E-state index contributed by atoms with van der Waals surface area (Å²) in [7, 11) is 0. The Morgan fingerprint density at radius 2 is 1.76 bits per heavy atom. The lowest BCUT2D eigenvalue weighted by Gasteiger charge is -2.30. The van der Waals surface area contributed by atoms with Gasteiger partial charge in [-0.05, 0) is 79.7 Å². The van der Waals surface area contributed by atoms with Crippen molar-refractivity contribution in [3.63, 3.8) is 0 Å². The number of carbonyl (C=O) groups excluding carboxylic acids is 2. The molecule has 0 atom stereocenters. The molecule has 4 rings (SSSR count). The SMILES string of the molecule is Cc1ccsc1CN(Cc1ccc2c(c1)OCO2)C(=O)CN(C(=O)c1ccc(F)cc1)C(C)C. The van der Waals surface area contributed by atoms with Gasteiger partial charge in [-0.25, -0.2) is 4.39 Å². The van der Waals surface area contributed by atoms with Gasteiger partial charge in [0, 0.05) is 23.0 Å². The first-order valence-corrected chi connectivity index (χ1v) is 12.0. The summed E-state index contributed by atoms with van der Waals surface area (Å²) in [5.41, 5.74) is 2.38. The second-order valence-electron chi connectivity index (χ2n) is 8.50. The van der Waals surface area contributed by atoms with Crippen LogP contribution in [0.1, 0.15) is 40.2 Å². The van der Waals surface area contributed by atoms with Gasteiger partial charge in [0.1, 0.15) is 12.4 Å². The normalized spacial score (nSPS) is 12.1. The molecule has 0 saturated carbocycles. The maximum atomic E-state index is 13.5. The number of hydrogen-bond donors (Lipinski definition) is 0. The first-order chi connectivity index (χ1) is 16.3. The molecule has 1 aliphatic heterocycles. The summed E-state index contributed by atoms with van der Waals surface area (Å²) >= 11 is 1.60. The van der Waals surface area contributed by atoms with Crippen LogP contribution in [0, 0.1) is 12.7 Å². The van der Waals surface area contributed by atoms with Gasteiger partial charge in [-0.15, -0.1) is 11.3 Å². The average Bonchev–Trinajstić information content (AvgIpc) is 3.45. The molecule has 6 nitrogen and oxygen atoms in total. The fraction of sp³-hybridized carbons (Fsp3) is 0.308. The number of rotatable bonds is 8. The van der Waals surface area contributed by atoms with Crippen molar-refractivity contribution in [3.8, 4) is 11.5 Å². The molecule has 0 aliphatic carbocycles. The van der Waals surface area contributed by atoms with E-state index in [1.54, 1.807) is 16.2 Å². The number of benzene rings is 2. The minimum atomic E-state index is -0.412. The molecule has 0 saturated heterocycles. The molecular weight excluding hydrogens is 455 g/mol. The zero-order valence-electron chi connectivity index (χ0n) is 19.4. The van der Waals surface area contributed by atoms with Gasteiger partial charge in [0.25, 0.3) is 5.91 Å². The lowest BCUT2D eigenvalue weighted by molar-refractivity contribution is -0.133. The highest BCUT2D eigenvalue weighted by atomic mass is 32.1. The quantitative estimate of drug-likeness (QED) is 0.453. The monoisotopic (exact) mass is 482 g/mol. The highest BCUT2D eigenvalue weighted by molar-refractivity contribution is 7.10. The summed E-state index contributed by atoms with van der Waals surface area (Å²) in [6, 6.07) is 12.8. The zero-order valence-corrected chi connectivity index (χ0v) is 20.2. The molecular formula is C26H27FN2O4S. The van der Waals surface area contributed by atoms with Crippen molar-refractivity contribution < 1.29 is 23.5 Å². The molecule has 2 amide bonds. The largest absolute Gasteiger partial charge is 0.454 e. The number of carbonyl (C=O) groups is 2. The van der Waals surface area contributed by atoms with Crippen molar-refractivity contribution in [1.29, 1.82) is 0 Å². The van der Waals surface area contributed by atoms with Crippen LogP contribution in [0.2, 0.25) is 0 Å². The van der Waals surface area contributed by atoms with E-state index in [-0.39, 0.29) is 31.2 Å². The van der Waals surface area contributed by atoms with Crippen molar-refractivity contribution in [3.05, 3.63) is 81.3 Å². The first kappa shape index (κ1) is 23.8. The lowest BCUT2D eigenvalue weighted by Crippen LogP contribution is -2.45. The fourth-order valence-corrected chi connectivity index (χ4v) is 4.65. The second-order valence-corrected chi connectivity index (χ2v) is 9.50. The van der Waals surface area contributed by atoms with Crippen LogP contribution in [0.4, 0.5) is 4.39 Å². The Kier molecular flexibility index (Phi) is 7.17. The van der Waals surface area contributed by atoms with Gasteiger partial charge in [0.2, 0.25) is 12.7 Å². The van der Waals surface area contributed by atoms with Crippen molar-refractivity contribution in [1.82, 2.24) is 9.80 Å². The van der Waals surface area contributed by atoms with Crippen LogP contribution in [-0.2, 0) is 17.9 Å². The maximum absolute atomic E-state index is 13.5. The van der Waals surface area contributed by atoms with Crippen molar-refractivity contribution in [2.24, 2.45) is 0 Å². The van der Waals surface area contributed by atoms with Crippen molar-refractivity contribution in [2.45, 2.75) is 39.9 Å². The van der Waals surface area contributed by atoms with Crippen LogP contribution in [0.5, 0.6) is 11.5 Å². The Morgan fingerprint density at radius 1 is 1.03 bits per heavy atom. The van der Waals surface area contributed by atoms with Gasteiger partial charge in [0.15, 0.2) is 11.5 Å². The van der Waals surface area contributed by atoms with E-state index in [4.69, 9.17) is 9.47 Å². The van der Waals surface area contributed by atoms with Crippen LogP contribution < -0.4 is 9.47 Å². The Labute approximate surface area is 202 Å². The number of ether oxygens (including phenoxy) is 2. The number of fused-ring (bicyclic) bond motifs is 1. The third-order valence-electron chi connectivity index (χ3n) is 5.75. The van der Waals surface area contributed by atoms with Gasteiger partial charge in [0.05, 0.1) is 6.54 Å². The molecule has 1 aliphatic rings. The third-order valence-corrected chi connectivity index (χ3v) is 6.75. The highest BCUT2D eigenvalue weighted by Gasteiger charge is 2.26. The number of halogens is 1. The standard InChI is InChI=1S/C26H27FN2O4S/c1-17(2)29(26(31)20-5-7-21(27)8-6-20)15-25(30)28(14-24-18(3)10-11-34-24)13-19-4-9-22-23(12-19)33-16-32-22/h4-12,17H,13-16H2,1-3H3. The van der Waals surface area contributed by atoms with Crippen LogP contribution in [0.25, 0.3) is 0 Å². The minimum absolute atomic E-state index is 0.0805. The topological polar surface area (TPSA) is 59.1 Å². The van der Waals surface area contributed by atoms with E-state index < -0.39 is 5.82 Å². The Bertz CT molecular complexity index is 1180. The predicted octanol–water partition coefficient (Wildman–Crippen LogP) is 5.00. The van der Waals surface area contributed by atoms with E-state index in [0.29, 0.717) is 30.2 Å². The molecule has 1 aromatic heterocycles. The molecule has 2 heterocycles. The molecule has 0 fully saturated rings. The molecule has 8 heteroatoms. The number of amides is 2. The fourth-order valence-electron chi connectivity index (χ4n) is 3.72. The smallest absolute Gasteiger partial charge is 0.254 e. The van der Waals surface area contributed by atoms with Gasteiger partial charge in [-0.2, -0.15) is 0 Å². The van der Waals surface area contributed by atoms with E-state index in [2.05, 4.69) is 0 Å². The van der Waals surface area contributed by atoms with Crippen LogP contribution in [-0.4, -0.2) is 41.0 Å². The summed E-state index contributed by atoms with van der Waals surface area (Å²) in [6.45, 7) is 6.65. The van der Waals surface area contributed by atoms with Crippen LogP contribution in [0.15, 0.2) is 53.9 Å². The summed E-state index contributed by atoms with van der Waals surface area (Å²) in [4.78, 5) is 31.0. The Morgan fingerprint density at radius 3 is 2.44 bits per heavy atom. The van der Waals surface area contributed by atoms with E-state index in [9.17, 15) is 14.0 Å². The molecule has 2 aromatic carbocycles. The number of nitrogens with zero attached hydrogens (tertiary/aromatic N) is 2. The van der Waals surface area contributed by atoms with Crippen molar-refractivity contribution >= 4 is 23.2 Å². The third kappa shape index (κ3) is 5.39. The molecule has 3 aromatic rings. The van der Waals surface area contributed by atoms with E-state index in [1.807, 2.05) is 50.4 Å². The van der Waals surface area contributed by atoms with Gasteiger partial charge in [-0.3, -0.25) is 9.59 Å². The molecule has 34 heavy (non-hydrogen) atoms. The first-order valence-electron chi connectivity index (χ1n) is 11.1. The maximum Gasteiger partial charge on any atom is 0.254 e. The van der Waals surface area contributed by atoms with E-state index >= 15 is 0 Å². The minimum Gasteiger partial charge on any atom is -0.454 e. The molecule has 0 N–H and O–H groups in total. The molecule has 0 bridgehead atoms. The lowest BCUT2D eigenvalue weighted by atomic mass is 10.1. The molecule has 0 radical (unpaired) electrons. The molecule has 0 spiro atoms. The number of thiophene rings is 1. The Balaban J connectivity index is 1.56. The summed E-state index contributed by atoms with van der Waals surface area (Å²) in [5.74, 6) is 0.456. The van der Waals surface area contributed by atoms with Crippen molar-refractivity contribution in [2.75, 3.05) is 13.3 Å². The van der Waals surface area contributed by atoms with E-state index in [0.717, 1.165) is 16.0 Å². The summed E-state index contributed by atoms with van der Waals surface area (Å²) in [6.07, 6.45) is 0. The molecule has 0 unspecified atom stereocenters. The molecule has 178 valence electrons. The average molecular weight is 483 g/mol. The Hall–Kier alpha value is -3.39. The number of aryl methyl sites for hydroxylation is 1. The van der Waals surface area contributed by atoms with Crippen LogP contribution in [0.3, 0.4) is 0 Å². The van der Waals surface area contributed by atoms with E-state index in [1.165, 1.54) is 29.2 Å². The highest BCUT2D eigenvalue weighted by Crippen LogP contribution is 2.33. The summed E-state index contributed by atoms with van der Waals surface area (Å²) in [5, 5.41) is 2.01. The number of hydrogen-bond acceptors (Lipinski definition) is 5. The predicted molar refractivity (Wildman–Crippen MR) is 128 cm³/mol.